The second kappa shape index (κ2) is 6.67. The van der Waals surface area contributed by atoms with E-state index in [-0.39, 0.29) is 24.7 Å². The Morgan fingerprint density at radius 1 is 1.10 bits per heavy atom. The van der Waals surface area contributed by atoms with E-state index in [4.69, 9.17) is 14.6 Å². The van der Waals surface area contributed by atoms with E-state index in [1.165, 1.54) is 0 Å². The van der Waals surface area contributed by atoms with Gasteiger partial charge in [-0.3, -0.25) is 0 Å². The average molecular weight is 296 g/mol. The van der Waals surface area contributed by atoms with Gasteiger partial charge in [0.15, 0.2) is 0 Å². The molecule has 1 aromatic rings. The maximum Gasteiger partial charge on any atom is 0.127 e. The summed E-state index contributed by atoms with van der Waals surface area (Å²) in [5.41, 5.74) is 4.04. The Morgan fingerprint density at radius 3 is 2.05 bits per heavy atom. The zero-order chi connectivity index (χ0) is 16.4. The minimum Gasteiger partial charge on any atom is -0.496 e. The first-order chi connectivity index (χ1) is 9.76. The second-order valence-electron chi connectivity index (χ2n) is 5.91. The van der Waals surface area contributed by atoms with E-state index in [9.17, 15) is 5.11 Å². The lowest BCUT2D eigenvalue weighted by atomic mass is 9.83. The molecular weight excluding hydrogens is 268 g/mol. The van der Waals surface area contributed by atoms with Crippen molar-refractivity contribution in [3.05, 3.63) is 22.3 Å². The van der Waals surface area contributed by atoms with Crippen LogP contribution in [0.2, 0.25) is 0 Å². The van der Waals surface area contributed by atoms with E-state index in [0.717, 1.165) is 33.8 Å². The Bertz CT molecular complexity index is 506. The van der Waals surface area contributed by atoms with Gasteiger partial charge >= 0.3 is 0 Å². The van der Waals surface area contributed by atoms with Crippen molar-refractivity contribution in [3.63, 3.8) is 0 Å². The van der Waals surface area contributed by atoms with Gasteiger partial charge < -0.3 is 19.7 Å². The van der Waals surface area contributed by atoms with E-state index in [1.807, 2.05) is 34.6 Å². The van der Waals surface area contributed by atoms with E-state index in [0.29, 0.717) is 0 Å². The molecule has 4 nitrogen and oxygen atoms in total. The molecule has 0 bridgehead atoms. The van der Waals surface area contributed by atoms with Crippen LogP contribution in [0.1, 0.15) is 48.9 Å². The van der Waals surface area contributed by atoms with Crippen molar-refractivity contribution >= 4 is 0 Å². The van der Waals surface area contributed by atoms with Crippen molar-refractivity contribution in [2.24, 2.45) is 0 Å². The van der Waals surface area contributed by atoms with Gasteiger partial charge in [-0.15, -0.1) is 0 Å². The Labute approximate surface area is 127 Å². The molecule has 120 valence electrons. The average Bonchev–Trinajstić information content (AvgIpc) is 2.69. The van der Waals surface area contributed by atoms with Crippen LogP contribution in [-0.2, 0) is 0 Å². The van der Waals surface area contributed by atoms with Crippen LogP contribution < -0.4 is 9.47 Å². The summed E-state index contributed by atoms with van der Waals surface area (Å²) in [6.07, 6.45) is 0. The number of hydrogen-bond acceptors (Lipinski definition) is 4. The molecule has 0 saturated heterocycles. The van der Waals surface area contributed by atoms with Crippen molar-refractivity contribution in [2.45, 2.75) is 53.1 Å². The minimum absolute atomic E-state index is 0.000648. The summed E-state index contributed by atoms with van der Waals surface area (Å²) >= 11 is 0. The van der Waals surface area contributed by atoms with E-state index < -0.39 is 0 Å². The highest BCUT2D eigenvalue weighted by atomic mass is 16.5. The molecule has 2 rings (SSSR count). The maximum absolute atomic E-state index is 9.68. The smallest absolute Gasteiger partial charge is 0.127 e. The van der Waals surface area contributed by atoms with E-state index in [2.05, 4.69) is 0 Å². The van der Waals surface area contributed by atoms with Gasteiger partial charge in [0, 0.05) is 12.2 Å². The number of methoxy groups -OCH3 is 1. The lowest BCUT2D eigenvalue weighted by molar-refractivity contribution is 0.0808. The van der Waals surface area contributed by atoms with Gasteiger partial charge in [-0.25, -0.2) is 0 Å². The zero-order valence-corrected chi connectivity index (χ0v) is 14.2. The van der Waals surface area contributed by atoms with Gasteiger partial charge in [0.05, 0.1) is 19.6 Å². The Balaban J connectivity index is 0.000000677. The van der Waals surface area contributed by atoms with Gasteiger partial charge in [0.2, 0.25) is 0 Å². The van der Waals surface area contributed by atoms with Crippen LogP contribution in [0.5, 0.6) is 11.5 Å². The van der Waals surface area contributed by atoms with Crippen LogP contribution in [0.25, 0.3) is 0 Å². The zero-order valence-electron chi connectivity index (χ0n) is 14.2. The number of ether oxygens (including phenoxy) is 2. The number of fused-ring (bicyclic) bond motifs is 1. The van der Waals surface area contributed by atoms with Crippen LogP contribution in [0, 0.1) is 20.8 Å². The summed E-state index contributed by atoms with van der Waals surface area (Å²) < 4.78 is 11.6. The summed E-state index contributed by atoms with van der Waals surface area (Å²) in [5.74, 6) is 1.83. The summed E-state index contributed by atoms with van der Waals surface area (Å²) in [5, 5.41) is 17.2. The summed E-state index contributed by atoms with van der Waals surface area (Å²) in [7, 11) is 1.69. The molecule has 0 radical (unpaired) electrons. The summed E-state index contributed by atoms with van der Waals surface area (Å²) in [4.78, 5) is 0. The first kappa shape index (κ1) is 17.8. The normalized spacial score (nSPS) is 18.4. The number of rotatable bonds is 2. The largest absolute Gasteiger partial charge is 0.496 e. The van der Waals surface area contributed by atoms with Crippen molar-refractivity contribution in [1.82, 2.24) is 0 Å². The number of hydrogen-bond donors (Lipinski definition) is 2. The molecule has 0 amide bonds. The number of aliphatic hydroxyl groups excluding tert-OH is 2. The third-order valence-corrected chi connectivity index (χ3v) is 4.17. The lowest BCUT2D eigenvalue weighted by Crippen LogP contribution is -2.32. The standard InChI is InChI=1S/C15H22O3.C2H6O/c1-8-9(2)14-12(10(3)13(8)17-6)11(7-16)15(4,5)18-14;1-2-3/h11,16H,7H2,1-6H3;3H,2H2,1H3. The fourth-order valence-corrected chi connectivity index (χ4v) is 2.97. The molecule has 0 aromatic heterocycles. The third-order valence-electron chi connectivity index (χ3n) is 4.17. The molecule has 0 saturated carbocycles. The molecule has 0 fully saturated rings. The third kappa shape index (κ3) is 3.01. The highest BCUT2D eigenvalue weighted by Gasteiger charge is 2.43. The second-order valence-corrected chi connectivity index (χ2v) is 5.91. The molecule has 1 heterocycles. The first-order valence-electron chi connectivity index (χ1n) is 7.35. The lowest BCUT2D eigenvalue weighted by Gasteiger charge is -2.25. The monoisotopic (exact) mass is 296 g/mol. The fraction of sp³-hybridized carbons (Fsp3) is 0.647. The summed E-state index contributed by atoms with van der Waals surface area (Å²) in [6.45, 7) is 12.2. The Morgan fingerprint density at radius 2 is 1.62 bits per heavy atom. The molecule has 1 unspecified atom stereocenters. The van der Waals surface area contributed by atoms with Crippen LogP contribution in [-0.4, -0.2) is 36.1 Å². The molecule has 1 aliphatic heterocycles. The molecule has 1 aromatic carbocycles. The first-order valence-corrected chi connectivity index (χ1v) is 7.35. The molecule has 1 atom stereocenters. The van der Waals surface area contributed by atoms with Crippen molar-refractivity contribution in [2.75, 3.05) is 20.3 Å². The fourth-order valence-electron chi connectivity index (χ4n) is 2.97. The Hall–Kier alpha value is -1.26. The van der Waals surface area contributed by atoms with Crippen LogP contribution >= 0.6 is 0 Å². The summed E-state index contributed by atoms with van der Waals surface area (Å²) in [6, 6.07) is 0. The highest BCUT2D eigenvalue weighted by Crippen LogP contribution is 2.51. The van der Waals surface area contributed by atoms with Gasteiger partial charge in [0.25, 0.3) is 0 Å². The van der Waals surface area contributed by atoms with Crippen molar-refractivity contribution < 1.29 is 19.7 Å². The maximum atomic E-state index is 9.68. The molecule has 21 heavy (non-hydrogen) atoms. The van der Waals surface area contributed by atoms with Gasteiger partial charge in [-0.2, -0.15) is 0 Å². The van der Waals surface area contributed by atoms with Crippen LogP contribution in [0.15, 0.2) is 0 Å². The van der Waals surface area contributed by atoms with Crippen molar-refractivity contribution in [3.8, 4) is 11.5 Å². The van der Waals surface area contributed by atoms with Crippen molar-refractivity contribution in [1.29, 1.82) is 0 Å². The molecule has 1 aliphatic rings. The van der Waals surface area contributed by atoms with Gasteiger partial charge in [-0.05, 0) is 58.2 Å². The molecule has 0 spiro atoms. The van der Waals surface area contributed by atoms with E-state index >= 15 is 0 Å². The topological polar surface area (TPSA) is 58.9 Å². The highest BCUT2D eigenvalue weighted by molar-refractivity contribution is 5.61. The molecule has 0 aliphatic carbocycles. The van der Waals surface area contributed by atoms with Crippen LogP contribution in [0.3, 0.4) is 0 Å². The predicted octanol–water partition coefficient (Wildman–Crippen LogP) is 2.87. The van der Waals surface area contributed by atoms with Crippen LogP contribution in [0.4, 0.5) is 0 Å². The molecule has 4 heteroatoms. The van der Waals surface area contributed by atoms with E-state index in [1.54, 1.807) is 14.0 Å². The molecule has 2 N–H and O–H groups in total. The van der Waals surface area contributed by atoms with Gasteiger partial charge in [-0.1, -0.05) is 0 Å². The number of aliphatic hydroxyl groups is 2. The van der Waals surface area contributed by atoms with Gasteiger partial charge in [0.1, 0.15) is 17.1 Å². The quantitative estimate of drug-likeness (QED) is 0.881. The predicted molar refractivity (Wildman–Crippen MR) is 84.5 cm³/mol. The molecular formula is C17H28O4. The number of benzene rings is 1. The minimum atomic E-state index is -0.370. The Kier molecular flexibility index (Phi) is 5.65. The SMILES string of the molecule is CCO.COc1c(C)c(C)c2c(c1C)C(CO)C(C)(C)O2.